The summed E-state index contributed by atoms with van der Waals surface area (Å²) < 4.78 is 5.04. The van der Waals surface area contributed by atoms with Crippen molar-refractivity contribution >= 4 is 17.3 Å². The number of aromatic nitrogens is 1. The quantitative estimate of drug-likeness (QED) is 0.796. The molecule has 0 aliphatic carbocycles. The monoisotopic (exact) mass is 245 g/mol. The maximum Gasteiger partial charge on any atom is 0.293 e. The van der Waals surface area contributed by atoms with Crippen LogP contribution in [0.2, 0.25) is 0 Å². The highest BCUT2D eigenvalue weighted by molar-refractivity contribution is 6.03. The smallest absolute Gasteiger partial charge is 0.293 e. The lowest BCUT2D eigenvalue weighted by Crippen LogP contribution is -2.13. The van der Waals surface area contributed by atoms with Crippen molar-refractivity contribution < 1.29 is 9.21 Å². The molecule has 5 nitrogen and oxygen atoms in total. The molecule has 0 spiro atoms. The van der Waals surface area contributed by atoms with E-state index in [1.54, 1.807) is 6.92 Å². The van der Waals surface area contributed by atoms with Crippen molar-refractivity contribution in [1.29, 1.82) is 0 Å². The number of hydrogen-bond acceptors (Lipinski definition) is 4. The van der Waals surface area contributed by atoms with Crippen LogP contribution in [0.4, 0.5) is 11.4 Å². The number of oxazole rings is 1. The molecule has 1 aromatic carbocycles. The van der Waals surface area contributed by atoms with Crippen LogP contribution in [0.3, 0.4) is 0 Å². The molecule has 2 aromatic rings. The van der Waals surface area contributed by atoms with E-state index in [0.717, 1.165) is 16.8 Å². The van der Waals surface area contributed by atoms with Crippen LogP contribution >= 0.6 is 0 Å². The first-order chi connectivity index (χ1) is 8.49. The fourth-order valence-electron chi connectivity index (χ4n) is 1.67. The fraction of sp³-hybridized carbons (Fsp3) is 0.231. The van der Waals surface area contributed by atoms with Crippen molar-refractivity contribution in [3.63, 3.8) is 0 Å². The topological polar surface area (TPSA) is 81.2 Å². The van der Waals surface area contributed by atoms with Gasteiger partial charge in [0.25, 0.3) is 5.91 Å². The number of amides is 1. The first-order valence-corrected chi connectivity index (χ1v) is 5.57. The van der Waals surface area contributed by atoms with Crippen LogP contribution in [0.5, 0.6) is 0 Å². The van der Waals surface area contributed by atoms with Gasteiger partial charge in [-0.05, 0) is 44.0 Å². The van der Waals surface area contributed by atoms with Gasteiger partial charge >= 0.3 is 0 Å². The van der Waals surface area contributed by atoms with E-state index in [4.69, 9.17) is 10.2 Å². The number of anilines is 2. The number of carbonyl (C=O) groups excluding carboxylic acids is 1. The molecule has 2 rings (SSSR count). The Morgan fingerprint density at radius 2 is 2.00 bits per heavy atom. The minimum Gasteiger partial charge on any atom is -0.438 e. The van der Waals surface area contributed by atoms with Crippen molar-refractivity contribution in [3.8, 4) is 0 Å². The largest absolute Gasteiger partial charge is 0.438 e. The van der Waals surface area contributed by atoms with Gasteiger partial charge < -0.3 is 15.5 Å². The lowest BCUT2D eigenvalue weighted by atomic mass is 10.1. The highest BCUT2D eigenvalue weighted by atomic mass is 16.3. The first-order valence-electron chi connectivity index (χ1n) is 5.57. The average Bonchev–Trinajstić information content (AvgIpc) is 2.72. The van der Waals surface area contributed by atoms with Crippen molar-refractivity contribution in [2.75, 3.05) is 11.1 Å². The van der Waals surface area contributed by atoms with Crippen molar-refractivity contribution in [2.24, 2.45) is 0 Å². The minimum atomic E-state index is -0.308. The average molecular weight is 245 g/mol. The summed E-state index contributed by atoms with van der Waals surface area (Å²) in [5.41, 5.74) is 9.63. The molecule has 0 radical (unpaired) electrons. The zero-order valence-corrected chi connectivity index (χ0v) is 10.6. The molecule has 0 aliphatic rings. The molecule has 94 valence electrons. The second kappa shape index (κ2) is 4.52. The molecule has 1 heterocycles. The van der Waals surface area contributed by atoms with Gasteiger partial charge in [-0.15, -0.1) is 0 Å². The number of carbonyl (C=O) groups is 1. The van der Waals surface area contributed by atoms with E-state index in [1.165, 1.54) is 6.39 Å². The summed E-state index contributed by atoms with van der Waals surface area (Å²) in [7, 11) is 0. The summed E-state index contributed by atoms with van der Waals surface area (Å²) in [6.45, 7) is 5.50. The van der Waals surface area contributed by atoms with Crippen LogP contribution < -0.4 is 11.1 Å². The predicted octanol–water partition coefficient (Wildman–Crippen LogP) is 2.43. The highest BCUT2D eigenvalue weighted by Gasteiger charge is 2.15. The SMILES string of the molecule is Cc1cc(NC(=O)c2ocnc2C)c(C)cc1N. The number of nitrogens with two attached hydrogens (primary N) is 1. The lowest BCUT2D eigenvalue weighted by Gasteiger charge is -2.10. The van der Waals surface area contributed by atoms with Gasteiger partial charge in [0.05, 0.1) is 5.69 Å². The highest BCUT2D eigenvalue weighted by Crippen LogP contribution is 2.22. The van der Waals surface area contributed by atoms with Gasteiger partial charge in [-0.3, -0.25) is 4.79 Å². The third-order valence-corrected chi connectivity index (χ3v) is 2.81. The second-order valence-electron chi connectivity index (χ2n) is 4.24. The molecule has 0 saturated heterocycles. The maximum absolute atomic E-state index is 12.0. The summed E-state index contributed by atoms with van der Waals surface area (Å²) in [6, 6.07) is 3.67. The Hall–Kier alpha value is -2.30. The number of hydrogen-bond donors (Lipinski definition) is 2. The van der Waals surface area contributed by atoms with E-state index < -0.39 is 0 Å². The molecule has 5 heteroatoms. The number of nitrogen functional groups attached to an aromatic ring is 1. The molecule has 0 aliphatic heterocycles. The Balaban J connectivity index is 2.28. The molecule has 18 heavy (non-hydrogen) atoms. The van der Waals surface area contributed by atoms with Gasteiger partial charge in [-0.1, -0.05) is 0 Å². The van der Waals surface area contributed by atoms with Crippen LogP contribution in [0, 0.1) is 20.8 Å². The molecule has 0 unspecified atom stereocenters. The number of rotatable bonds is 2. The third-order valence-electron chi connectivity index (χ3n) is 2.81. The van der Waals surface area contributed by atoms with E-state index in [1.807, 2.05) is 26.0 Å². The second-order valence-corrected chi connectivity index (χ2v) is 4.24. The molecule has 0 bridgehead atoms. The Bertz CT molecular complexity index is 602. The van der Waals surface area contributed by atoms with Crippen LogP contribution in [-0.4, -0.2) is 10.9 Å². The standard InChI is InChI=1S/C13H15N3O2/c1-7-5-11(8(2)4-10(7)14)16-13(17)12-9(3)15-6-18-12/h4-6H,14H2,1-3H3,(H,16,17). The van der Waals surface area contributed by atoms with Crippen molar-refractivity contribution in [3.05, 3.63) is 41.1 Å². The van der Waals surface area contributed by atoms with Crippen LogP contribution in [0.1, 0.15) is 27.4 Å². The summed E-state index contributed by atoms with van der Waals surface area (Å²) >= 11 is 0. The van der Waals surface area contributed by atoms with E-state index in [0.29, 0.717) is 11.4 Å². The molecule has 0 atom stereocenters. The zero-order chi connectivity index (χ0) is 13.3. The Morgan fingerprint density at radius 1 is 1.28 bits per heavy atom. The van der Waals surface area contributed by atoms with E-state index in [9.17, 15) is 4.79 Å². The van der Waals surface area contributed by atoms with Crippen LogP contribution in [0.25, 0.3) is 0 Å². The van der Waals surface area contributed by atoms with Gasteiger partial charge in [0, 0.05) is 11.4 Å². The van der Waals surface area contributed by atoms with Gasteiger partial charge in [0.2, 0.25) is 5.76 Å². The van der Waals surface area contributed by atoms with E-state index in [2.05, 4.69) is 10.3 Å². The lowest BCUT2D eigenvalue weighted by molar-refractivity contribution is 0.0996. The molecular weight excluding hydrogens is 230 g/mol. The molecular formula is C13H15N3O2. The van der Waals surface area contributed by atoms with Gasteiger partial charge in [0.15, 0.2) is 6.39 Å². The number of nitrogens with one attached hydrogen (secondary N) is 1. The molecule has 1 amide bonds. The van der Waals surface area contributed by atoms with Crippen molar-refractivity contribution in [1.82, 2.24) is 4.98 Å². The maximum atomic E-state index is 12.0. The van der Waals surface area contributed by atoms with E-state index >= 15 is 0 Å². The normalized spacial score (nSPS) is 10.4. The van der Waals surface area contributed by atoms with Gasteiger partial charge in [-0.25, -0.2) is 4.98 Å². The molecule has 0 fully saturated rings. The number of aryl methyl sites for hydroxylation is 3. The van der Waals surface area contributed by atoms with Crippen LogP contribution in [-0.2, 0) is 0 Å². The molecule has 3 N–H and O–H groups in total. The Kier molecular flexibility index (Phi) is 3.06. The summed E-state index contributed by atoms with van der Waals surface area (Å²) in [5.74, 6) is -0.0823. The van der Waals surface area contributed by atoms with Gasteiger partial charge in [-0.2, -0.15) is 0 Å². The summed E-state index contributed by atoms with van der Waals surface area (Å²) in [5, 5.41) is 2.79. The zero-order valence-electron chi connectivity index (χ0n) is 10.6. The Labute approximate surface area is 105 Å². The Morgan fingerprint density at radius 3 is 2.61 bits per heavy atom. The first kappa shape index (κ1) is 12.2. The fourth-order valence-corrected chi connectivity index (χ4v) is 1.67. The van der Waals surface area contributed by atoms with E-state index in [-0.39, 0.29) is 11.7 Å². The van der Waals surface area contributed by atoms with Gasteiger partial charge in [0.1, 0.15) is 0 Å². The minimum absolute atomic E-state index is 0.226. The molecule has 1 aromatic heterocycles. The number of nitrogens with zero attached hydrogens (tertiary/aromatic N) is 1. The van der Waals surface area contributed by atoms with Crippen LogP contribution in [0.15, 0.2) is 22.9 Å². The molecule has 0 saturated carbocycles. The summed E-state index contributed by atoms with van der Waals surface area (Å²) in [6.07, 6.45) is 1.26. The predicted molar refractivity (Wildman–Crippen MR) is 69.5 cm³/mol. The van der Waals surface area contributed by atoms with Crippen molar-refractivity contribution in [2.45, 2.75) is 20.8 Å². The number of benzene rings is 1. The summed E-state index contributed by atoms with van der Waals surface area (Å²) in [4.78, 5) is 15.9. The third kappa shape index (κ3) is 2.20.